The Hall–Kier alpha value is -1.56. The molecule has 0 heterocycles. The van der Waals surface area contributed by atoms with Gasteiger partial charge in [0.25, 0.3) is 0 Å². The van der Waals surface area contributed by atoms with Gasteiger partial charge in [-0.3, -0.25) is 0 Å². The molecule has 0 aliphatic heterocycles. The quantitative estimate of drug-likeness (QED) is 0.823. The summed E-state index contributed by atoms with van der Waals surface area (Å²) in [7, 11) is 0. The van der Waals surface area contributed by atoms with Crippen molar-refractivity contribution >= 4 is 5.69 Å². The third-order valence-electron chi connectivity index (χ3n) is 2.55. The molecular weight excluding hydrogens is 203 g/mol. The maximum absolute atomic E-state index is 13.3. The zero-order valence-electron chi connectivity index (χ0n) is 9.76. The summed E-state index contributed by atoms with van der Waals surface area (Å²) in [5, 5.41) is 12.0. The number of hydrogen-bond acceptors (Lipinski definition) is 2. The van der Waals surface area contributed by atoms with Crippen LogP contribution in [0.3, 0.4) is 0 Å². The van der Waals surface area contributed by atoms with E-state index in [9.17, 15) is 4.39 Å². The predicted molar refractivity (Wildman–Crippen MR) is 63.7 cm³/mol. The summed E-state index contributed by atoms with van der Waals surface area (Å²) in [6.07, 6.45) is 2.27. The molecule has 0 saturated heterocycles. The van der Waals surface area contributed by atoms with E-state index in [4.69, 9.17) is 5.26 Å². The summed E-state index contributed by atoms with van der Waals surface area (Å²) in [6.45, 7) is 5.05. The van der Waals surface area contributed by atoms with Crippen LogP contribution in [0.25, 0.3) is 0 Å². The van der Waals surface area contributed by atoms with Crippen molar-refractivity contribution in [2.45, 2.75) is 26.7 Å². The molecule has 0 bridgehead atoms. The third kappa shape index (κ3) is 3.23. The van der Waals surface area contributed by atoms with Gasteiger partial charge in [-0.1, -0.05) is 26.3 Å². The Morgan fingerprint density at radius 2 is 2.25 bits per heavy atom. The molecule has 0 radical (unpaired) electrons. The van der Waals surface area contributed by atoms with Crippen molar-refractivity contribution < 1.29 is 4.39 Å². The van der Waals surface area contributed by atoms with Crippen LogP contribution in [0.1, 0.15) is 32.3 Å². The number of nitrogens with one attached hydrogen (secondary N) is 1. The first-order valence-corrected chi connectivity index (χ1v) is 5.61. The maximum Gasteiger partial charge on any atom is 0.143 e. The topological polar surface area (TPSA) is 35.8 Å². The normalized spacial score (nSPS) is 11.9. The van der Waals surface area contributed by atoms with Crippen LogP contribution in [-0.2, 0) is 0 Å². The molecule has 1 rings (SSSR count). The van der Waals surface area contributed by atoms with Gasteiger partial charge in [0.1, 0.15) is 17.4 Å². The van der Waals surface area contributed by atoms with Crippen LogP contribution >= 0.6 is 0 Å². The second-order valence-corrected chi connectivity index (χ2v) is 4.05. The molecule has 1 N–H and O–H groups in total. The molecule has 86 valence electrons. The van der Waals surface area contributed by atoms with E-state index in [1.807, 2.05) is 6.07 Å². The third-order valence-corrected chi connectivity index (χ3v) is 2.55. The van der Waals surface area contributed by atoms with E-state index in [2.05, 4.69) is 19.2 Å². The monoisotopic (exact) mass is 220 g/mol. The van der Waals surface area contributed by atoms with E-state index in [0.29, 0.717) is 11.6 Å². The number of rotatable bonds is 5. The lowest BCUT2D eigenvalue weighted by Crippen LogP contribution is -2.12. The molecular formula is C13H17FN2. The van der Waals surface area contributed by atoms with Crippen LogP contribution in [-0.4, -0.2) is 6.54 Å². The molecule has 1 aromatic rings. The van der Waals surface area contributed by atoms with E-state index in [1.165, 1.54) is 6.07 Å². The minimum Gasteiger partial charge on any atom is -0.384 e. The zero-order chi connectivity index (χ0) is 12.0. The molecule has 0 aliphatic rings. The van der Waals surface area contributed by atoms with E-state index in [-0.39, 0.29) is 5.56 Å². The van der Waals surface area contributed by atoms with Crippen molar-refractivity contribution in [3.63, 3.8) is 0 Å². The lowest BCUT2D eigenvalue weighted by atomic mass is 10.1. The van der Waals surface area contributed by atoms with E-state index in [0.717, 1.165) is 19.4 Å². The maximum atomic E-state index is 13.3. The fraction of sp³-hybridized carbons (Fsp3) is 0.462. The Balaban J connectivity index is 2.67. The largest absolute Gasteiger partial charge is 0.384 e. The summed E-state index contributed by atoms with van der Waals surface area (Å²) in [5.74, 6) is 0.0652. The Labute approximate surface area is 96.1 Å². The average Bonchev–Trinajstić information content (AvgIpc) is 2.27. The highest BCUT2D eigenvalue weighted by molar-refractivity contribution is 5.57. The molecule has 1 atom stereocenters. The van der Waals surface area contributed by atoms with Crippen molar-refractivity contribution in [1.29, 1.82) is 5.26 Å². The summed E-state index contributed by atoms with van der Waals surface area (Å²) in [4.78, 5) is 0. The first kappa shape index (κ1) is 12.5. The van der Waals surface area contributed by atoms with Gasteiger partial charge in [0.05, 0.1) is 5.69 Å². The fourth-order valence-corrected chi connectivity index (χ4v) is 1.66. The molecule has 1 unspecified atom stereocenters. The standard InChI is InChI=1S/C13H17FN2/c1-3-5-10(2)9-16-13-7-4-6-12(14)11(13)8-15/h4,6-7,10,16H,3,5,9H2,1-2H3. The minimum atomic E-state index is -0.462. The van der Waals surface area contributed by atoms with E-state index >= 15 is 0 Å². The van der Waals surface area contributed by atoms with Crippen LogP contribution in [0.15, 0.2) is 18.2 Å². The first-order chi connectivity index (χ1) is 7.69. The van der Waals surface area contributed by atoms with Crippen molar-refractivity contribution in [2.24, 2.45) is 5.92 Å². The first-order valence-electron chi connectivity index (χ1n) is 5.61. The van der Waals surface area contributed by atoms with Crippen LogP contribution in [0, 0.1) is 23.1 Å². The van der Waals surface area contributed by atoms with E-state index < -0.39 is 5.82 Å². The van der Waals surface area contributed by atoms with Crippen LogP contribution in [0.5, 0.6) is 0 Å². The highest BCUT2D eigenvalue weighted by atomic mass is 19.1. The highest BCUT2D eigenvalue weighted by Gasteiger charge is 2.08. The number of halogens is 1. The number of hydrogen-bond donors (Lipinski definition) is 1. The fourth-order valence-electron chi connectivity index (χ4n) is 1.66. The molecule has 16 heavy (non-hydrogen) atoms. The second-order valence-electron chi connectivity index (χ2n) is 4.05. The SMILES string of the molecule is CCCC(C)CNc1cccc(F)c1C#N. The Morgan fingerprint density at radius 3 is 2.88 bits per heavy atom. The van der Waals surface area contributed by atoms with Crippen molar-refractivity contribution in [3.05, 3.63) is 29.6 Å². The van der Waals surface area contributed by atoms with Gasteiger partial charge in [-0.2, -0.15) is 5.26 Å². The summed E-state index contributed by atoms with van der Waals surface area (Å²) >= 11 is 0. The summed E-state index contributed by atoms with van der Waals surface area (Å²) < 4.78 is 13.3. The molecule has 0 aromatic heterocycles. The molecule has 2 nitrogen and oxygen atoms in total. The van der Waals surface area contributed by atoms with Crippen LogP contribution < -0.4 is 5.32 Å². The lowest BCUT2D eigenvalue weighted by molar-refractivity contribution is 0.550. The van der Waals surface area contributed by atoms with Gasteiger partial charge in [0.15, 0.2) is 0 Å². The minimum absolute atomic E-state index is 0.103. The molecule has 3 heteroatoms. The van der Waals surface area contributed by atoms with Crippen molar-refractivity contribution in [3.8, 4) is 6.07 Å². The van der Waals surface area contributed by atoms with Gasteiger partial charge in [-0.15, -0.1) is 0 Å². The van der Waals surface area contributed by atoms with Gasteiger partial charge >= 0.3 is 0 Å². The van der Waals surface area contributed by atoms with Gasteiger partial charge < -0.3 is 5.32 Å². The molecule has 0 saturated carbocycles. The van der Waals surface area contributed by atoms with Gasteiger partial charge in [-0.05, 0) is 24.5 Å². The highest BCUT2D eigenvalue weighted by Crippen LogP contribution is 2.18. The van der Waals surface area contributed by atoms with Gasteiger partial charge in [0.2, 0.25) is 0 Å². The Kier molecular flexibility index (Phi) is 4.78. The Morgan fingerprint density at radius 1 is 1.50 bits per heavy atom. The summed E-state index contributed by atoms with van der Waals surface area (Å²) in [5.41, 5.74) is 0.691. The van der Waals surface area contributed by atoms with Crippen molar-refractivity contribution in [1.82, 2.24) is 0 Å². The van der Waals surface area contributed by atoms with Crippen LogP contribution in [0.4, 0.5) is 10.1 Å². The molecule has 0 amide bonds. The lowest BCUT2D eigenvalue weighted by Gasteiger charge is -2.13. The molecule has 1 aromatic carbocycles. The van der Waals surface area contributed by atoms with Gasteiger partial charge in [-0.25, -0.2) is 4.39 Å². The summed E-state index contributed by atoms with van der Waals surface area (Å²) in [6, 6.07) is 6.54. The number of benzene rings is 1. The predicted octanol–water partition coefficient (Wildman–Crippen LogP) is 3.55. The second kappa shape index (κ2) is 6.12. The number of anilines is 1. The smallest absolute Gasteiger partial charge is 0.143 e. The van der Waals surface area contributed by atoms with Crippen LogP contribution in [0.2, 0.25) is 0 Å². The molecule has 0 fully saturated rings. The van der Waals surface area contributed by atoms with Gasteiger partial charge in [0, 0.05) is 6.54 Å². The zero-order valence-corrected chi connectivity index (χ0v) is 9.76. The van der Waals surface area contributed by atoms with Crippen molar-refractivity contribution in [2.75, 3.05) is 11.9 Å². The number of nitriles is 1. The Bertz CT molecular complexity index is 382. The molecule has 0 aliphatic carbocycles. The molecule has 0 spiro atoms. The average molecular weight is 220 g/mol. The number of nitrogens with zero attached hydrogens (tertiary/aromatic N) is 1. The van der Waals surface area contributed by atoms with E-state index in [1.54, 1.807) is 12.1 Å².